The van der Waals surface area contributed by atoms with Crippen molar-refractivity contribution < 1.29 is 4.39 Å². The summed E-state index contributed by atoms with van der Waals surface area (Å²) >= 11 is 8.66. The third-order valence-corrected chi connectivity index (χ3v) is 5.41. The van der Waals surface area contributed by atoms with E-state index in [1.807, 2.05) is 6.07 Å². The second-order valence-corrected chi connectivity index (χ2v) is 7.34. The van der Waals surface area contributed by atoms with Crippen LogP contribution < -0.4 is 5.32 Å². The van der Waals surface area contributed by atoms with Gasteiger partial charge in [0.2, 0.25) is 0 Å². The average molecular weight is 421 g/mol. The molecule has 0 radical (unpaired) electrons. The van der Waals surface area contributed by atoms with Gasteiger partial charge in [-0.25, -0.2) is 4.39 Å². The third-order valence-electron chi connectivity index (χ3n) is 2.96. The summed E-state index contributed by atoms with van der Waals surface area (Å²) in [6, 6.07) is 7.33. The van der Waals surface area contributed by atoms with Gasteiger partial charge in [0, 0.05) is 19.9 Å². The Hall–Kier alpha value is -0.230. The van der Waals surface area contributed by atoms with Crippen LogP contribution in [0.25, 0.3) is 0 Å². The van der Waals surface area contributed by atoms with Crippen LogP contribution in [0.5, 0.6) is 0 Å². The molecule has 0 aliphatic heterocycles. The lowest BCUT2D eigenvalue weighted by molar-refractivity contribution is 0.533. The molecule has 0 bridgehead atoms. The predicted octanol–water partition coefficient (Wildman–Crippen LogP) is 5.70. The van der Waals surface area contributed by atoms with Crippen molar-refractivity contribution in [1.82, 2.24) is 5.32 Å². The zero-order chi connectivity index (χ0) is 14.5. The van der Waals surface area contributed by atoms with Gasteiger partial charge in [-0.1, -0.05) is 22.9 Å². The maximum Gasteiger partial charge on any atom is 0.124 e. The highest BCUT2D eigenvalue weighted by atomic mass is 79.9. The van der Waals surface area contributed by atoms with E-state index in [9.17, 15) is 4.39 Å². The van der Waals surface area contributed by atoms with E-state index in [1.54, 1.807) is 17.4 Å². The number of halogens is 3. The molecule has 0 spiro atoms. The summed E-state index contributed by atoms with van der Waals surface area (Å²) in [6.45, 7) is 3.10. The van der Waals surface area contributed by atoms with Gasteiger partial charge in [-0.2, -0.15) is 0 Å². The topological polar surface area (TPSA) is 12.0 Å². The predicted molar refractivity (Wildman–Crippen MR) is 90.9 cm³/mol. The van der Waals surface area contributed by atoms with Crippen LogP contribution in [0.3, 0.4) is 0 Å². The molecule has 1 N–H and O–H groups in total. The number of thiophene rings is 1. The molecular weight excluding hydrogens is 405 g/mol. The molecule has 1 aromatic carbocycles. The number of hydrogen-bond acceptors (Lipinski definition) is 2. The van der Waals surface area contributed by atoms with Gasteiger partial charge >= 0.3 is 0 Å². The molecule has 1 aromatic heterocycles. The third kappa shape index (κ3) is 4.38. The van der Waals surface area contributed by atoms with Crippen molar-refractivity contribution in [2.75, 3.05) is 6.54 Å². The monoisotopic (exact) mass is 419 g/mol. The molecule has 0 saturated heterocycles. The molecule has 0 fully saturated rings. The molecule has 1 nitrogen and oxygen atoms in total. The first-order valence-electron chi connectivity index (χ1n) is 6.51. The molecule has 0 amide bonds. The number of rotatable bonds is 6. The maximum atomic E-state index is 13.5. The lowest BCUT2D eigenvalue weighted by Gasteiger charge is -2.18. The Balaban J connectivity index is 2.21. The second-order valence-electron chi connectivity index (χ2n) is 4.62. The Labute approximate surface area is 139 Å². The second kappa shape index (κ2) is 7.69. The molecule has 20 heavy (non-hydrogen) atoms. The molecule has 108 valence electrons. The van der Waals surface area contributed by atoms with Crippen molar-refractivity contribution in [2.45, 2.75) is 25.8 Å². The van der Waals surface area contributed by atoms with Gasteiger partial charge in [0.25, 0.3) is 0 Å². The van der Waals surface area contributed by atoms with Gasteiger partial charge in [-0.05, 0) is 70.5 Å². The van der Waals surface area contributed by atoms with E-state index in [-0.39, 0.29) is 11.9 Å². The first-order valence-corrected chi connectivity index (χ1v) is 8.98. The Kier molecular flexibility index (Phi) is 6.20. The van der Waals surface area contributed by atoms with E-state index in [1.165, 1.54) is 10.9 Å². The Bertz CT molecular complexity index is 551. The summed E-state index contributed by atoms with van der Waals surface area (Å²) in [6.07, 6.45) is 1.85. The van der Waals surface area contributed by atoms with Crippen LogP contribution in [0.4, 0.5) is 4.39 Å². The van der Waals surface area contributed by atoms with E-state index >= 15 is 0 Å². The van der Waals surface area contributed by atoms with Crippen molar-refractivity contribution in [2.24, 2.45) is 0 Å². The van der Waals surface area contributed by atoms with Crippen molar-refractivity contribution in [1.29, 1.82) is 0 Å². The van der Waals surface area contributed by atoms with Crippen LogP contribution >= 0.6 is 43.2 Å². The highest BCUT2D eigenvalue weighted by Gasteiger charge is 2.16. The van der Waals surface area contributed by atoms with Crippen molar-refractivity contribution in [3.63, 3.8) is 0 Å². The summed E-state index contributed by atoms with van der Waals surface area (Å²) in [7, 11) is 0. The van der Waals surface area contributed by atoms with Gasteiger partial charge in [-0.15, -0.1) is 11.3 Å². The van der Waals surface area contributed by atoms with Gasteiger partial charge in [-0.3, -0.25) is 0 Å². The van der Waals surface area contributed by atoms with Gasteiger partial charge in [0.05, 0.1) is 0 Å². The minimum atomic E-state index is -0.200. The largest absolute Gasteiger partial charge is 0.309 e. The molecule has 1 atom stereocenters. The minimum absolute atomic E-state index is 0.200. The van der Waals surface area contributed by atoms with E-state index in [0.29, 0.717) is 0 Å². The van der Waals surface area contributed by atoms with Crippen molar-refractivity contribution in [3.05, 3.63) is 54.8 Å². The van der Waals surface area contributed by atoms with Crippen LogP contribution in [0.1, 0.15) is 29.8 Å². The van der Waals surface area contributed by atoms with Crippen molar-refractivity contribution >= 4 is 43.2 Å². The van der Waals surface area contributed by atoms with Crippen LogP contribution in [0, 0.1) is 5.82 Å². The molecule has 2 aromatic rings. The van der Waals surface area contributed by atoms with E-state index < -0.39 is 0 Å². The SMILES string of the molecule is CCCNC(Cc1cc(F)cc(Br)c1)c1sccc1Br. The Morgan fingerprint density at radius 2 is 2.10 bits per heavy atom. The normalized spacial score (nSPS) is 12.6. The van der Waals surface area contributed by atoms with Gasteiger partial charge in [0.1, 0.15) is 5.82 Å². The molecular formula is C15H16Br2FNS. The molecule has 1 heterocycles. The average Bonchev–Trinajstić information content (AvgIpc) is 2.79. The molecule has 5 heteroatoms. The van der Waals surface area contributed by atoms with Crippen LogP contribution in [0.15, 0.2) is 38.6 Å². The summed E-state index contributed by atoms with van der Waals surface area (Å²) < 4.78 is 15.4. The molecule has 0 aliphatic rings. The quantitative estimate of drug-likeness (QED) is 0.632. The maximum absolute atomic E-state index is 13.5. The zero-order valence-corrected chi connectivity index (χ0v) is 15.1. The molecule has 1 unspecified atom stereocenters. The summed E-state index contributed by atoms with van der Waals surface area (Å²) in [5.74, 6) is -0.200. The Morgan fingerprint density at radius 3 is 2.70 bits per heavy atom. The summed E-state index contributed by atoms with van der Waals surface area (Å²) in [4.78, 5) is 1.26. The first-order chi connectivity index (χ1) is 9.60. The smallest absolute Gasteiger partial charge is 0.124 e. The van der Waals surface area contributed by atoms with Crippen LogP contribution in [0.2, 0.25) is 0 Å². The summed E-state index contributed by atoms with van der Waals surface area (Å²) in [5, 5.41) is 5.61. The Morgan fingerprint density at radius 1 is 1.30 bits per heavy atom. The van der Waals surface area contributed by atoms with Gasteiger partial charge in [0.15, 0.2) is 0 Å². The van der Waals surface area contributed by atoms with E-state index in [0.717, 1.165) is 33.9 Å². The number of nitrogens with one attached hydrogen (secondary N) is 1. The van der Waals surface area contributed by atoms with Crippen molar-refractivity contribution in [3.8, 4) is 0 Å². The lowest BCUT2D eigenvalue weighted by Crippen LogP contribution is -2.23. The fourth-order valence-corrected chi connectivity index (χ4v) is 4.33. The molecule has 0 aliphatic carbocycles. The number of hydrogen-bond donors (Lipinski definition) is 1. The summed E-state index contributed by atoms with van der Waals surface area (Å²) in [5.41, 5.74) is 0.991. The first kappa shape index (κ1) is 16.1. The highest BCUT2D eigenvalue weighted by molar-refractivity contribution is 9.10. The standard InChI is InChI=1S/C15H16Br2FNS/c1-2-4-19-14(15-13(17)3-5-20-15)8-10-6-11(16)9-12(18)7-10/h3,5-7,9,14,19H,2,4,8H2,1H3. The minimum Gasteiger partial charge on any atom is -0.309 e. The van der Waals surface area contributed by atoms with E-state index in [4.69, 9.17) is 0 Å². The molecule has 0 saturated carbocycles. The zero-order valence-electron chi connectivity index (χ0n) is 11.1. The molecule has 2 rings (SSSR count). The van der Waals surface area contributed by atoms with Crippen LogP contribution in [-0.4, -0.2) is 6.54 Å². The fraction of sp³-hybridized carbons (Fsp3) is 0.333. The fourth-order valence-electron chi connectivity index (χ4n) is 2.09. The van der Waals surface area contributed by atoms with E-state index in [2.05, 4.69) is 55.5 Å². The lowest BCUT2D eigenvalue weighted by atomic mass is 10.0. The van der Waals surface area contributed by atoms with Gasteiger partial charge < -0.3 is 5.32 Å². The van der Waals surface area contributed by atoms with Crippen LogP contribution in [-0.2, 0) is 6.42 Å². The highest BCUT2D eigenvalue weighted by Crippen LogP contribution is 2.31. The number of benzene rings is 1.